The zero-order valence-corrected chi connectivity index (χ0v) is 15.0. The maximum absolute atomic E-state index is 12.0. The summed E-state index contributed by atoms with van der Waals surface area (Å²) in [7, 11) is -7.29. The van der Waals surface area contributed by atoms with Gasteiger partial charge < -0.3 is 4.74 Å². The first-order valence-electron chi connectivity index (χ1n) is 6.53. The summed E-state index contributed by atoms with van der Waals surface area (Å²) in [5, 5.41) is 0. The molecule has 0 spiro atoms. The van der Waals surface area contributed by atoms with Gasteiger partial charge in [0.1, 0.15) is 21.5 Å². The van der Waals surface area contributed by atoms with Crippen molar-refractivity contribution < 1.29 is 26.4 Å². The Morgan fingerprint density at radius 1 is 1.10 bits per heavy atom. The average molecular weight is 343 g/mol. The molecule has 9 heteroatoms. The minimum atomic E-state index is -3.89. The lowest BCUT2D eigenvalue weighted by atomic mass is 10.1. The molecule has 7 nitrogen and oxygen atoms in total. The maximum Gasteiger partial charge on any atom is 0.324 e. The Morgan fingerprint density at radius 3 is 1.90 bits per heavy atom. The van der Waals surface area contributed by atoms with Crippen LogP contribution in [0.1, 0.15) is 34.6 Å². The van der Waals surface area contributed by atoms with E-state index in [-0.39, 0.29) is 5.92 Å². The number of sulfone groups is 1. The summed E-state index contributed by atoms with van der Waals surface area (Å²) in [6.45, 7) is 8.39. The van der Waals surface area contributed by atoms with Crippen LogP contribution in [0.15, 0.2) is 0 Å². The zero-order valence-electron chi connectivity index (χ0n) is 13.3. The molecule has 1 N–H and O–H groups in total. The van der Waals surface area contributed by atoms with E-state index in [0.717, 1.165) is 6.26 Å². The Kier molecular flexibility index (Phi) is 6.83. The van der Waals surface area contributed by atoms with Crippen LogP contribution < -0.4 is 4.72 Å². The van der Waals surface area contributed by atoms with Gasteiger partial charge in [0.2, 0.25) is 10.0 Å². The molecule has 0 aromatic heterocycles. The molecule has 0 aromatic rings. The minimum absolute atomic E-state index is 0.326. The molecule has 0 aliphatic rings. The molecule has 0 aliphatic heterocycles. The van der Waals surface area contributed by atoms with Gasteiger partial charge in [-0.05, 0) is 26.7 Å². The van der Waals surface area contributed by atoms with Crippen LogP contribution in [0.5, 0.6) is 0 Å². The van der Waals surface area contributed by atoms with Crippen LogP contribution in [-0.4, -0.2) is 52.2 Å². The number of carbonyl (C=O) groups excluding carboxylic acids is 1. The molecule has 0 saturated carbocycles. The van der Waals surface area contributed by atoms with Crippen molar-refractivity contribution >= 4 is 25.8 Å². The molecule has 0 aromatic carbocycles. The molecule has 0 unspecified atom stereocenters. The van der Waals surface area contributed by atoms with E-state index in [4.69, 9.17) is 4.74 Å². The first-order valence-corrected chi connectivity index (χ1v) is 10.2. The highest BCUT2D eigenvalue weighted by Gasteiger charge is 2.31. The number of hydrogen-bond acceptors (Lipinski definition) is 6. The number of ether oxygens (including phenoxy) is 1. The quantitative estimate of drug-likeness (QED) is 0.667. The SMILES string of the molecule is CC(C)[C@H](NS(=O)(=O)CCS(C)(=O)=O)C(=O)OC(C)(C)C. The standard InChI is InChI=1S/C12H25NO6S2/c1-9(2)10(11(14)19-12(3,4)5)13-21(17,18)8-7-20(6,15)16/h9-10,13H,7-8H2,1-6H3/t10-/m0/s1. The van der Waals surface area contributed by atoms with Crippen LogP contribution in [0.3, 0.4) is 0 Å². The van der Waals surface area contributed by atoms with Gasteiger partial charge in [-0.15, -0.1) is 0 Å². The van der Waals surface area contributed by atoms with Crippen molar-refractivity contribution in [2.24, 2.45) is 5.92 Å². The van der Waals surface area contributed by atoms with Crippen molar-refractivity contribution in [1.82, 2.24) is 4.72 Å². The lowest BCUT2D eigenvalue weighted by Gasteiger charge is -2.26. The first-order chi connectivity index (χ1) is 9.13. The Bertz CT molecular complexity index is 557. The second-order valence-corrected chi connectivity index (χ2v) is 10.5. The highest BCUT2D eigenvalue weighted by Crippen LogP contribution is 2.13. The average Bonchev–Trinajstić information content (AvgIpc) is 2.19. The third kappa shape index (κ3) is 9.81. The summed E-state index contributed by atoms with van der Waals surface area (Å²) in [4.78, 5) is 12.0. The van der Waals surface area contributed by atoms with E-state index >= 15 is 0 Å². The monoisotopic (exact) mass is 343 g/mol. The van der Waals surface area contributed by atoms with Crippen molar-refractivity contribution in [3.63, 3.8) is 0 Å². The van der Waals surface area contributed by atoms with Gasteiger partial charge in [-0.1, -0.05) is 13.8 Å². The Hall–Kier alpha value is -0.670. The fourth-order valence-corrected chi connectivity index (χ4v) is 4.30. The normalized spacial score (nSPS) is 15.0. The van der Waals surface area contributed by atoms with Crippen molar-refractivity contribution in [1.29, 1.82) is 0 Å². The van der Waals surface area contributed by atoms with Crippen LogP contribution in [0.4, 0.5) is 0 Å². The Balaban J connectivity index is 4.97. The first kappa shape index (κ1) is 20.3. The van der Waals surface area contributed by atoms with Gasteiger partial charge in [0.25, 0.3) is 0 Å². The highest BCUT2D eigenvalue weighted by atomic mass is 32.2. The summed E-state index contributed by atoms with van der Waals surface area (Å²) in [6.07, 6.45) is 0.955. The van der Waals surface area contributed by atoms with Gasteiger partial charge in [-0.2, -0.15) is 0 Å². The topological polar surface area (TPSA) is 107 Å². The molecule has 0 amide bonds. The number of rotatable bonds is 7. The molecule has 21 heavy (non-hydrogen) atoms. The van der Waals surface area contributed by atoms with E-state index in [1.807, 2.05) is 0 Å². The summed E-state index contributed by atoms with van der Waals surface area (Å²) in [5.74, 6) is -2.09. The van der Waals surface area contributed by atoms with E-state index in [1.54, 1.807) is 34.6 Å². The van der Waals surface area contributed by atoms with Gasteiger partial charge in [0, 0.05) is 6.26 Å². The molecular formula is C12H25NO6S2. The fraction of sp³-hybridized carbons (Fsp3) is 0.917. The van der Waals surface area contributed by atoms with Crippen molar-refractivity contribution in [3.8, 4) is 0 Å². The van der Waals surface area contributed by atoms with E-state index in [2.05, 4.69) is 4.72 Å². The molecular weight excluding hydrogens is 318 g/mol. The molecule has 0 bridgehead atoms. The molecule has 0 saturated heterocycles. The van der Waals surface area contributed by atoms with Crippen LogP contribution in [0.2, 0.25) is 0 Å². The molecule has 0 aliphatic carbocycles. The molecule has 1 atom stereocenters. The van der Waals surface area contributed by atoms with Crippen molar-refractivity contribution in [3.05, 3.63) is 0 Å². The molecule has 0 radical (unpaired) electrons. The summed E-state index contributed by atoms with van der Waals surface area (Å²) >= 11 is 0. The van der Waals surface area contributed by atoms with E-state index in [0.29, 0.717) is 0 Å². The van der Waals surface area contributed by atoms with Gasteiger partial charge in [0.05, 0.1) is 11.5 Å². The van der Waals surface area contributed by atoms with Crippen LogP contribution >= 0.6 is 0 Å². The summed E-state index contributed by atoms with van der Waals surface area (Å²) in [5.41, 5.74) is -0.734. The minimum Gasteiger partial charge on any atom is -0.459 e. The molecule has 0 heterocycles. The molecule has 126 valence electrons. The summed E-state index contributed by atoms with van der Waals surface area (Å²) < 4.78 is 53.2. The lowest BCUT2D eigenvalue weighted by Crippen LogP contribution is -2.48. The van der Waals surface area contributed by atoms with E-state index in [9.17, 15) is 21.6 Å². The van der Waals surface area contributed by atoms with Crippen molar-refractivity contribution in [2.75, 3.05) is 17.8 Å². The molecule has 0 fully saturated rings. The maximum atomic E-state index is 12.0. The zero-order chi connectivity index (χ0) is 17.1. The number of sulfonamides is 1. The van der Waals surface area contributed by atoms with Crippen molar-refractivity contribution in [2.45, 2.75) is 46.3 Å². The van der Waals surface area contributed by atoms with Gasteiger partial charge in [-0.25, -0.2) is 21.6 Å². The predicted octanol–water partition coefficient (Wildman–Crippen LogP) is 0.317. The Morgan fingerprint density at radius 2 is 1.57 bits per heavy atom. The Labute approximate surface area is 127 Å². The lowest BCUT2D eigenvalue weighted by molar-refractivity contribution is -0.158. The number of carbonyl (C=O) groups is 1. The molecule has 0 rings (SSSR count). The van der Waals surface area contributed by atoms with Gasteiger partial charge in [-0.3, -0.25) is 4.79 Å². The second-order valence-electron chi connectivity index (χ2n) is 6.32. The smallest absolute Gasteiger partial charge is 0.324 e. The third-order valence-electron chi connectivity index (χ3n) is 2.36. The number of esters is 1. The number of nitrogens with one attached hydrogen (secondary N) is 1. The van der Waals surface area contributed by atoms with Crippen LogP contribution in [-0.2, 0) is 29.4 Å². The number of hydrogen-bond donors (Lipinski definition) is 1. The predicted molar refractivity (Wildman–Crippen MR) is 81.1 cm³/mol. The van der Waals surface area contributed by atoms with E-state index in [1.165, 1.54) is 0 Å². The van der Waals surface area contributed by atoms with Crippen LogP contribution in [0, 0.1) is 5.92 Å². The van der Waals surface area contributed by atoms with Crippen LogP contribution in [0.25, 0.3) is 0 Å². The highest BCUT2D eigenvalue weighted by molar-refractivity contribution is 7.93. The summed E-state index contributed by atoms with van der Waals surface area (Å²) in [6, 6.07) is -1.05. The van der Waals surface area contributed by atoms with Gasteiger partial charge in [0.15, 0.2) is 0 Å². The van der Waals surface area contributed by atoms with Gasteiger partial charge >= 0.3 is 5.97 Å². The third-order valence-corrected chi connectivity index (χ3v) is 4.92. The largest absolute Gasteiger partial charge is 0.459 e. The fourth-order valence-electron chi connectivity index (χ4n) is 1.34. The second kappa shape index (κ2) is 7.06. The van der Waals surface area contributed by atoms with E-state index < -0.39 is 49.0 Å².